The molecule has 1 aliphatic heterocycles. The molecule has 1 amide bonds. The summed E-state index contributed by atoms with van der Waals surface area (Å²) in [6.45, 7) is 4.14. The number of carbonyl (C=O) groups excluding carboxylic acids is 1. The molecule has 6 nitrogen and oxygen atoms in total. The summed E-state index contributed by atoms with van der Waals surface area (Å²) in [6.07, 6.45) is 4.96. The van der Waals surface area contributed by atoms with Crippen molar-refractivity contribution >= 4 is 11.6 Å². The minimum absolute atomic E-state index is 0.314. The highest BCUT2D eigenvalue weighted by molar-refractivity contribution is 5.98. The molecule has 1 fully saturated rings. The normalized spacial score (nSPS) is 20.5. The lowest BCUT2D eigenvalue weighted by molar-refractivity contribution is 0.100. The second kappa shape index (κ2) is 7.40. The number of primary amides is 1. The van der Waals surface area contributed by atoms with E-state index in [9.17, 15) is 4.79 Å². The smallest absolute Gasteiger partial charge is 0.252 e. The van der Waals surface area contributed by atoms with Gasteiger partial charge in [-0.2, -0.15) is 0 Å². The van der Waals surface area contributed by atoms with Gasteiger partial charge in [-0.3, -0.25) is 14.8 Å². The molecule has 1 aliphatic rings. The van der Waals surface area contributed by atoms with E-state index in [1.54, 1.807) is 12.4 Å². The molecule has 24 heavy (non-hydrogen) atoms. The molecule has 0 aliphatic carbocycles. The van der Waals surface area contributed by atoms with Crippen molar-refractivity contribution in [2.24, 2.45) is 11.7 Å². The molecule has 6 heteroatoms. The number of hydrogen-bond acceptors (Lipinski definition) is 5. The standard InChI is InChI=1S/C18H23N5O/c1-12-10-20-7-5-16(12)23-17-9-14(22-11-15(17)18(19)24)8-13-4-2-3-6-21-13/h2-4,6,9,11-12,16,20H,5,7-8,10H2,1H3,(H2,19,24)(H,22,23)/t12-,16+/m0/s1. The Balaban J connectivity index is 1.84. The lowest BCUT2D eigenvalue weighted by atomic mass is 9.94. The van der Waals surface area contributed by atoms with Crippen LogP contribution in [0.1, 0.15) is 35.1 Å². The first-order valence-electron chi connectivity index (χ1n) is 8.29. The van der Waals surface area contributed by atoms with Crippen LogP contribution >= 0.6 is 0 Å². The fraction of sp³-hybridized carbons (Fsp3) is 0.389. The topological polar surface area (TPSA) is 92.9 Å². The Bertz CT molecular complexity index is 704. The summed E-state index contributed by atoms with van der Waals surface area (Å²) in [7, 11) is 0. The maximum atomic E-state index is 11.7. The van der Waals surface area contributed by atoms with Gasteiger partial charge in [0, 0.05) is 36.2 Å². The second-order valence-corrected chi connectivity index (χ2v) is 6.30. The summed E-state index contributed by atoms with van der Waals surface area (Å²) >= 11 is 0. The van der Waals surface area contributed by atoms with E-state index in [0.29, 0.717) is 23.9 Å². The average molecular weight is 325 g/mol. The van der Waals surface area contributed by atoms with E-state index in [2.05, 4.69) is 27.5 Å². The van der Waals surface area contributed by atoms with Gasteiger partial charge in [0.15, 0.2) is 0 Å². The maximum Gasteiger partial charge on any atom is 0.252 e. The molecule has 2 aromatic rings. The molecule has 0 spiro atoms. The third kappa shape index (κ3) is 3.89. The number of aromatic nitrogens is 2. The van der Waals surface area contributed by atoms with Crippen LogP contribution in [0.25, 0.3) is 0 Å². The molecule has 126 valence electrons. The van der Waals surface area contributed by atoms with Gasteiger partial charge in [-0.25, -0.2) is 0 Å². The Kier molecular flexibility index (Phi) is 5.05. The second-order valence-electron chi connectivity index (χ2n) is 6.30. The van der Waals surface area contributed by atoms with Crippen LogP contribution in [-0.4, -0.2) is 35.0 Å². The van der Waals surface area contributed by atoms with Crippen molar-refractivity contribution in [1.29, 1.82) is 0 Å². The Morgan fingerprint density at radius 3 is 2.96 bits per heavy atom. The lowest BCUT2D eigenvalue weighted by Gasteiger charge is -2.31. The van der Waals surface area contributed by atoms with Gasteiger partial charge in [-0.1, -0.05) is 13.0 Å². The molecule has 0 aromatic carbocycles. The average Bonchev–Trinajstić information content (AvgIpc) is 2.58. The van der Waals surface area contributed by atoms with Crippen LogP contribution in [0, 0.1) is 5.92 Å². The van der Waals surface area contributed by atoms with Crippen molar-refractivity contribution in [3.8, 4) is 0 Å². The monoisotopic (exact) mass is 325 g/mol. The molecule has 2 aromatic heterocycles. The summed E-state index contributed by atoms with van der Waals surface area (Å²) in [6, 6.07) is 8.04. The molecule has 0 unspecified atom stereocenters. The Morgan fingerprint density at radius 2 is 2.25 bits per heavy atom. The van der Waals surface area contributed by atoms with Crippen molar-refractivity contribution in [2.45, 2.75) is 25.8 Å². The Labute approximate surface area is 141 Å². The largest absolute Gasteiger partial charge is 0.381 e. The molecule has 4 N–H and O–H groups in total. The van der Waals surface area contributed by atoms with Crippen LogP contribution in [0.5, 0.6) is 0 Å². The summed E-state index contributed by atoms with van der Waals surface area (Å²) in [4.78, 5) is 20.4. The van der Waals surface area contributed by atoms with E-state index in [1.807, 2.05) is 24.3 Å². The van der Waals surface area contributed by atoms with Gasteiger partial charge in [0.25, 0.3) is 5.91 Å². The van der Waals surface area contributed by atoms with E-state index in [-0.39, 0.29) is 0 Å². The van der Waals surface area contributed by atoms with Gasteiger partial charge in [0.05, 0.1) is 11.3 Å². The molecule has 1 saturated heterocycles. The van der Waals surface area contributed by atoms with Crippen molar-refractivity contribution in [3.63, 3.8) is 0 Å². The first-order valence-corrected chi connectivity index (χ1v) is 8.29. The van der Waals surface area contributed by atoms with Crippen molar-refractivity contribution in [2.75, 3.05) is 18.4 Å². The molecule has 3 rings (SSSR count). The van der Waals surface area contributed by atoms with Crippen molar-refractivity contribution < 1.29 is 4.79 Å². The molecule has 3 heterocycles. The zero-order valence-corrected chi connectivity index (χ0v) is 13.8. The highest BCUT2D eigenvalue weighted by atomic mass is 16.1. The molecular weight excluding hydrogens is 302 g/mol. The zero-order chi connectivity index (χ0) is 16.9. The van der Waals surface area contributed by atoms with Gasteiger partial charge in [-0.05, 0) is 43.6 Å². The van der Waals surface area contributed by atoms with E-state index in [4.69, 9.17) is 5.73 Å². The van der Waals surface area contributed by atoms with Crippen LogP contribution in [-0.2, 0) is 6.42 Å². The first kappa shape index (κ1) is 16.4. The number of rotatable bonds is 5. The zero-order valence-electron chi connectivity index (χ0n) is 13.8. The molecule has 2 atom stereocenters. The lowest BCUT2D eigenvalue weighted by Crippen LogP contribution is -2.42. The van der Waals surface area contributed by atoms with Gasteiger partial charge < -0.3 is 16.4 Å². The number of nitrogens with one attached hydrogen (secondary N) is 2. The fourth-order valence-electron chi connectivity index (χ4n) is 3.03. The number of hydrogen-bond donors (Lipinski definition) is 3. The number of nitrogens with two attached hydrogens (primary N) is 1. The third-order valence-electron chi connectivity index (χ3n) is 4.44. The number of piperidine rings is 1. The summed E-state index contributed by atoms with van der Waals surface area (Å²) in [5.41, 5.74) is 8.52. The Hall–Kier alpha value is -2.47. The van der Waals surface area contributed by atoms with Gasteiger partial charge in [0.1, 0.15) is 0 Å². The van der Waals surface area contributed by atoms with E-state index in [0.717, 1.165) is 36.6 Å². The number of anilines is 1. The Morgan fingerprint density at radius 1 is 1.38 bits per heavy atom. The molecular formula is C18H23N5O. The van der Waals surface area contributed by atoms with Gasteiger partial charge in [-0.15, -0.1) is 0 Å². The summed E-state index contributed by atoms with van der Waals surface area (Å²) < 4.78 is 0. The first-order chi connectivity index (χ1) is 11.6. The number of amides is 1. The van der Waals surface area contributed by atoms with E-state index < -0.39 is 5.91 Å². The van der Waals surface area contributed by atoms with Crippen molar-refractivity contribution in [1.82, 2.24) is 15.3 Å². The van der Waals surface area contributed by atoms with Crippen LogP contribution in [0.2, 0.25) is 0 Å². The quantitative estimate of drug-likeness (QED) is 0.776. The third-order valence-corrected chi connectivity index (χ3v) is 4.44. The van der Waals surface area contributed by atoms with Crippen LogP contribution in [0.4, 0.5) is 5.69 Å². The summed E-state index contributed by atoms with van der Waals surface area (Å²) in [5, 5.41) is 6.88. The molecule has 0 bridgehead atoms. The van der Waals surface area contributed by atoms with Crippen LogP contribution in [0.15, 0.2) is 36.7 Å². The summed E-state index contributed by atoms with van der Waals surface area (Å²) in [5.74, 6) is 0.0165. The predicted molar refractivity (Wildman–Crippen MR) is 93.9 cm³/mol. The van der Waals surface area contributed by atoms with Crippen LogP contribution < -0.4 is 16.4 Å². The minimum atomic E-state index is -0.462. The van der Waals surface area contributed by atoms with Gasteiger partial charge in [0.2, 0.25) is 0 Å². The maximum absolute atomic E-state index is 11.7. The van der Waals surface area contributed by atoms with E-state index in [1.165, 1.54) is 0 Å². The number of pyridine rings is 2. The number of carbonyl (C=O) groups is 1. The van der Waals surface area contributed by atoms with Crippen LogP contribution in [0.3, 0.4) is 0 Å². The van der Waals surface area contributed by atoms with E-state index >= 15 is 0 Å². The SMILES string of the molecule is C[C@H]1CNCC[C@H]1Nc1cc(Cc2ccccn2)ncc1C(N)=O. The predicted octanol–water partition coefficient (Wildman–Crippen LogP) is 1.58. The molecule has 0 saturated carbocycles. The highest BCUT2D eigenvalue weighted by Crippen LogP contribution is 2.22. The highest BCUT2D eigenvalue weighted by Gasteiger charge is 2.22. The minimum Gasteiger partial charge on any atom is -0.381 e. The number of nitrogens with zero attached hydrogens (tertiary/aromatic N) is 2. The molecule has 0 radical (unpaired) electrons. The van der Waals surface area contributed by atoms with Gasteiger partial charge >= 0.3 is 0 Å². The van der Waals surface area contributed by atoms with Crippen molar-refractivity contribution in [3.05, 3.63) is 53.6 Å². The fourth-order valence-corrected chi connectivity index (χ4v) is 3.03.